The van der Waals surface area contributed by atoms with Crippen LogP contribution in [-0.2, 0) is 19.1 Å². The van der Waals surface area contributed by atoms with Gasteiger partial charge < -0.3 is 14.8 Å². The molecule has 0 atom stereocenters. The molecule has 0 radical (unpaired) electrons. The van der Waals surface area contributed by atoms with Gasteiger partial charge >= 0.3 is 0 Å². The number of ether oxygens (including phenoxy) is 2. The highest BCUT2D eigenvalue weighted by Crippen LogP contribution is 2.49. The van der Waals surface area contributed by atoms with Gasteiger partial charge in [0.05, 0.1) is 5.92 Å². The molecule has 0 saturated heterocycles. The van der Waals surface area contributed by atoms with E-state index in [1.165, 1.54) is 0 Å². The van der Waals surface area contributed by atoms with Crippen LogP contribution in [0, 0.1) is 6.92 Å². The van der Waals surface area contributed by atoms with E-state index >= 15 is 0 Å². The van der Waals surface area contributed by atoms with Gasteiger partial charge in [0.2, 0.25) is 0 Å². The number of benzene rings is 2. The van der Waals surface area contributed by atoms with Crippen LogP contribution in [0.4, 0.5) is 5.69 Å². The van der Waals surface area contributed by atoms with Crippen molar-refractivity contribution in [3.05, 3.63) is 82.3 Å². The normalized spacial score (nSPS) is 18.3. The number of anilines is 1. The number of para-hydroxylation sites is 2. The number of ketones is 2. The number of Topliss-reactive ketones (excluding diaryl/α,β-unsaturated/α-hetero) is 2. The van der Waals surface area contributed by atoms with Gasteiger partial charge in [0.1, 0.15) is 17.3 Å². The first-order valence-corrected chi connectivity index (χ1v) is 11.8. The highest BCUT2D eigenvalue weighted by molar-refractivity contribution is 6.06. The first-order chi connectivity index (χ1) is 16.5. The van der Waals surface area contributed by atoms with Gasteiger partial charge in [-0.2, -0.15) is 0 Å². The second kappa shape index (κ2) is 9.29. The van der Waals surface area contributed by atoms with Crippen LogP contribution < -0.4 is 10.1 Å². The van der Waals surface area contributed by atoms with E-state index in [1.54, 1.807) is 6.07 Å². The molecule has 174 valence electrons. The van der Waals surface area contributed by atoms with Crippen molar-refractivity contribution >= 4 is 23.2 Å². The maximum atomic E-state index is 13.0. The van der Waals surface area contributed by atoms with Crippen LogP contribution in [0.3, 0.4) is 0 Å². The molecule has 34 heavy (non-hydrogen) atoms. The molecule has 0 aromatic heterocycles. The molecule has 0 fully saturated rings. The zero-order valence-corrected chi connectivity index (χ0v) is 19.2. The second-order valence-electron chi connectivity index (χ2n) is 8.95. The Balaban J connectivity index is 1.46. The van der Waals surface area contributed by atoms with Crippen LogP contribution in [0.1, 0.15) is 55.6 Å². The number of amides is 1. The van der Waals surface area contributed by atoms with Crippen molar-refractivity contribution in [1.82, 2.24) is 0 Å². The molecular formula is C28H27NO5. The molecule has 1 aliphatic heterocycles. The lowest BCUT2D eigenvalue weighted by molar-refractivity contribution is -0.119. The number of nitrogens with one attached hydrogen (secondary N) is 1. The van der Waals surface area contributed by atoms with E-state index in [9.17, 15) is 14.4 Å². The maximum Gasteiger partial charge on any atom is 0.262 e. The molecule has 0 spiro atoms. The van der Waals surface area contributed by atoms with Crippen LogP contribution in [0.15, 0.2) is 71.2 Å². The van der Waals surface area contributed by atoms with Gasteiger partial charge in [0, 0.05) is 48.1 Å². The Kier molecular flexibility index (Phi) is 6.05. The Hall–Kier alpha value is -3.67. The Morgan fingerprint density at radius 1 is 0.912 bits per heavy atom. The average molecular weight is 458 g/mol. The van der Waals surface area contributed by atoms with Gasteiger partial charge in [-0.25, -0.2) is 0 Å². The highest BCUT2D eigenvalue weighted by Gasteiger charge is 2.42. The summed E-state index contributed by atoms with van der Waals surface area (Å²) in [6, 6.07) is 14.9. The van der Waals surface area contributed by atoms with Crippen molar-refractivity contribution in [3.8, 4) is 5.75 Å². The smallest absolute Gasteiger partial charge is 0.262 e. The third kappa shape index (κ3) is 4.16. The first-order valence-electron chi connectivity index (χ1n) is 11.8. The molecule has 0 bridgehead atoms. The predicted octanol–water partition coefficient (Wildman–Crippen LogP) is 5.14. The monoisotopic (exact) mass is 457 g/mol. The summed E-state index contributed by atoms with van der Waals surface area (Å²) in [5, 5.41) is 2.87. The Morgan fingerprint density at radius 3 is 2.21 bits per heavy atom. The molecule has 2 aromatic carbocycles. The Morgan fingerprint density at radius 2 is 1.53 bits per heavy atom. The molecule has 6 heteroatoms. The third-order valence-corrected chi connectivity index (χ3v) is 6.65. The highest BCUT2D eigenvalue weighted by atomic mass is 16.5. The molecule has 1 N–H and O–H groups in total. The van der Waals surface area contributed by atoms with E-state index in [0.717, 1.165) is 29.7 Å². The Bertz CT molecular complexity index is 1200. The lowest BCUT2D eigenvalue weighted by atomic mass is 9.73. The van der Waals surface area contributed by atoms with Crippen LogP contribution >= 0.6 is 0 Å². The minimum atomic E-state index is -0.519. The fourth-order valence-electron chi connectivity index (χ4n) is 5.02. The molecule has 1 amide bonds. The summed E-state index contributed by atoms with van der Waals surface area (Å²) in [6.07, 6.45) is 3.75. The van der Waals surface area contributed by atoms with E-state index < -0.39 is 5.92 Å². The van der Waals surface area contributed by atoms with E-state index in [2.05, 4.69) is 5.32 Å². The van der Waals surface area contributed by atoms with Crippen LogP contribution in [0.25, 0.3) is 0 Å². The number of aryl methyl sites for hydroxylation is 1. The van der Waals surface area contributed by atoms with Gasteiger partial charge in [-0.15, -0.1) is 0 Å². The zero-order valence-electron chi connectivity index (χ0n) is 19.2. The van der Waals surface area contributed by atoms with Crippen molar-refractivity contribution in [1.29, 1.82) is 0 Å². The van der Waals surface area contributed by atoms with E-state index in [0.29, 0.717) is 54.1 Å². The summed E-state index contributed by atoms with van der Waals surface area (Å²) in [5.74, 6) is 1.09. The number of allylic oxidation sites excluding steroid dienone is 4. The maximum absolute atomic E-state index is 13.0. The number of carbonyl (C=O) groups excluding carboxylic acids is 3. The van der Waals surface area contributed by atoms with Gasteiger partial charge in [0.25, 0.3) is 5.91 Å². The number of hydrogen-bond donors (Lipinski definition) is 1. The lowest BCUT2D eigenvalue weighted by Gasteiger charge is -2.36. The lowest BCUT2D eigenvalue weighted by Crippen LogP contribution is -2.30. The van der Waals surface area contributed by atoms with E-state index in [1.807, 2.05) is 49.4 Å². The minimum absolute atomic E-state index is 0.0169. The summed E-state index contributed by atoms with van der Waals surface area (Å²) in [6.45, 7) is 1.74. The fourth-order valence-corrected chi connectivity index (χ4v) is 5.02. The quantitative estimate of drug-likeness (QED) is 0.672. The molecule has 1 heterocycles. The van der Waals surface area contributed by atoms with Crippen molar-refractivity contribution < 1.29 is 23.9 Å². The molecule has 2 aliphatic carbocycles. The number of hydrogen-bond acceptors (Lipinski definition) is 5. The van der Waals surface area contributed by atoms with Gasteiger partial charge in [-0.05, 0) is 37.5 Å². The third-order valence-electron chi connectivity index (χ3n) is 6.65. The van der Waals surface area contributed by atoms with Gasteiger partial charge in [0.15, 0.2) is 18.2 Å². The van der Waals surface area contributed by atoms with Crippen LogP contribution in [0.5, 0.6) is 5.75 Å². The van der Waals surface area contributed by atoms with E-state index in [-0.39, 0.29) is 24.1 Å². The summed E-state index contributed by atoms with van der Waals surface area (Å²) < 4.78 is 12.1. The predicted molar refractivity (Wildman–Crippen MR) is 127 cm³/mol. The average Bonchev–Trinajstić information content (AvgIpc) is 2.83. The second-order valence-corrected chi connectivity index (χ2v) is 8.95. The van der Waals surface area contributed by atoms with Crippen LogP contribution in [-0.4, -0.2) is 24.1 Å². The van der Waals surface area contributed by atoms with Crippen molar-refractivity contribution in [2.24, 2.45) is 0 Å². The van der Waals surface area contributed by atoms with Crippen molar-refractivity contribution in [3.63, 3.8) is 0 Å². The molecule has 0 unspecified atom stereocenters. The Labute approximate surface area is 198 Å². The topological polar surface area (TPSA) is 81.7 Å². The van der Waals surface area contributed by atoms with Crippen LogP contribution in [0.2, 0.25) is 0 Å². The SMILES string of the molecule is Cc1ccccc1NC(=O)COc1ccccc1C1C2=C(CCCC2=O)OC2=C1C(=O)CCC2. The van der Waals surface area contributed by atoms with Gasteiger partial charge in [-0.3, -0.25) is 14.4 Å². The molecule has 0 saturated carbocycles. The zero-order chi connectivity index (χ0) is 23.7. The summed E-state index contributed by atoms with van der Waals surface area (Å²) in [4.78, 5) is 38.7. The molecule has 5 rings (SSSR count). The number of rotatable bonds is 5. The molecule has 3 aliphatic rings. The fraction of sp³-hybridized carbons (Fsp3) is 0.321. The summed E-state index contributed by atoms with van der Waals surface area (Å²) in [7, 11) is 0. The van der Waals surface area contributed by atoms with E-state index in [4.69, 9.17) is 9.47 Å². The van der Waals surface area contributed by atoms with Crippen molar-refractivity contribution in [2.75, 3.05) is 11.9 Å². The van der Waals surface area contributed by atoms with Crippen molar-refractivity contribution in [2.45, 2.75) is 51.4 Å². The summed E-state index contributed by atoms with van der Waals surface area (Å²) in [5.41, 5.74) is 3.56. The molecular weight excluding hydrogens is 430 g/mol. The minimum Gasteiger partial charge on any atom is -0.483 e. The standard InChI is InChI=1S/C28H27NO5/c1-17-8-2-4-10-19(17)29-25(32)16-33-22-13-5-3-9-18(22)26-27-20(30)11-6-14-23(27)34-24-15-7-12-21(31)28(24)26/h2-5,8-10,13,26H,6-7,11-12,14-16H2,1H3,(H,29,32). The molecule has 2 aromatic rings. The largest absolute Gasteiger partial charge is 0.483 e. The summed E-state index contributed by atoms with van der Waals surface area (Å²) >= 11 is 0. The van der Waals surface area contributed by atoms with Gasteiger partial charge in [-0.1, -0.05) is 36.4 Å². The first kappa shape index (κ1) is 22.1. The number of carbonyl (C=O) groups is 3. The molecule has 6 nitrogen and oxygen atoms in total.